The van der Waals surface area contributed by atoms with Gasteiger partial charge in [0, 0.05) is 26.2 Å². The highest BCUT2D eigenvalue weighted by Crippen LogP contribution is 2.16. The third-order valence-corrected chi connectivity index (χ3v) is 2.51. The highest BCUT2D eigenvalue weighted by atomic mass is 35.5. The summed E-state index contributed by atoms with van der Waals surface area (Å²) in [6.07, 6.45) is 2.03. The number of unbranched alkanes of at least 4 members (excludes halogenated alkanes) is 1. The van der Waals surface area contributed by atoms with Crippen molar-refractivity contribution in [1.29, 1.82) is 0 Å². The van der Waals surface area contributed by atoms with Crippen molar-refractivity contribution >= 4 is 23.3 Å². The first-order valence-corrected chi connectivity index (χ1v) is 6.05. The van der Waals surface area contributed by atoms with E-state index in [2.05, 4.69) is 17.2 Å². The van der Waals surface area contributed by atoms with E-state index in [-0.39, 0.29) is 5.91 Å². The molecule has 0 radical (unpaired) electrons. The topological polar surface area (TPSA) is 45.2 Å². The number of rotatable bonds is 5. The van der Waals surface area contributed by atoms with Gasteiger partial charge < -0.3 is 10.2 Å². The lowest BCUT2D eigenvalue weighted by atomic mass is 10.2. The normalized spacial score (nSPS) is 10.1. The molecule has 0 aliphatic heterocycles. The van der Waals surface area contributed by atoms with Gasteiger partial charge in [0.1, 0.15) is 11.0 Å². The summed E-state index contributed by atoms with van der Waals surface area (Å²) in [5, 5.41) is 3.18. The Morgan fingerprint density at radius 2 is 2.18 bits per heavy atom. The van der Waals surface area contributed by atoms with E-state index in [1.807, 2.05) is 19.0 Å². The average Bonchev–Trinajstić information content (AvgIpc) is 2.28. The van der Waals surface area contributed by atoms with Crippen LogP contribution in [0.5, 0.6) is 0 Å². The van der Waals surface area contributed by atoms with Crippen molar-refractivity contribution in [2.45, 2.75) is 19.8 Å². The number of hydrogen-bond acceptors (Lipinski definition) is 3. The molecule has 5 heteroatoms. The summed E-state index contributed by atoms with van der Waals surface area (Å²) >= 11 is 5.88. The summed E-state index contributed by atoms with van der Waals surface area (Å²) in [5.41, 5.74) is 0.546. The molecule has 0 saturated heterocycles. The van der Waals surface area contributed by atoms with Crippen LogP contribution < -0.4 is 10.2 Å². The molecule has 0 aromatic carbocycles. The van der Waals surface area contributed by atoms with Crippen LogP contribution in [0.2, 0.25) is 5.15 Å². The zero-order valence-electron chi connectivity index (χ0n) is 10.5. The summed E-state index contributed by atoms with van der Waals surface area (Å²) in [5.74, 6) is 0.573. The van der Waals surface area contributed by atoms with Crippen LogP contribution in [0.3, 0.4) is 0 Å². The zero-order chi connectivity index (χ0) is 12.8. The van der Waals surface area contributed by atoms with Gasteiger partial charge in [-0.2, -0.15) is 0 Å². The van der Waals surface area contributed by atoms with Crippen molar-refractivity contribution in [2.75, 3.05) is 25.5 Å². The summed E-state index contributed by atoms with van der Waals surface area (Å²) in [7, 11) is 3.72. The smallest absolute Gasteiger partial charge is 0.251 e. The lowest BCUT2D eigenvalue weighted by molar-refractivity contribution is 0.0953. The molecule has 4 nitrogen and oxygen atoms in total. The molecule has 0 bridgehead atoms. The van der Waals surface area contributed by atoms with E-state index in [0.29, 0.717) is 23.1 Å². The molecule has 0 aliphatic carbocycles. The first-order valence-electron chi connectivity index (χ1n) is 5.67. The molecule has 1 aromatic rings. The third-order valence-electron chi connectivity index (χ3n) is 2.32. The summed E-state index contributed by atoms with van der Waals surface area (Å²) in [6, 6.07) is 3.31. The van der Waals surface area contributed by atoms with Crippen LogP contribution in [0.15, 0.2) is 12.1 Å². The second-order valence-corrected chi connectivity index (χ2v) is 4.43. The maximum Gasteiger partial charge on any atom is 0.251 e. The Balaban J connectivity index is 2.79. The number of nitrogens with one attached hydrogen (secondary N) is 1. The summed E-state index contributed by atoms with van der Waals surface area (Å²) < 4.78 is 0. The quantitative estimate of drug-likeness (QED) is 0.649. The van der Waals surface area contributed by atoms with E-state index in [9.17, 15) is 4.79 Å². The second-order valence-electron chi connectivity index (χ2n) is 4.04. The van der Waals surface area contributed by atoms with Gasteiger partial charge in [0.2, 0.25) is 0 Å². The van der Waals surface area contributed by atoms with Gasteiger partial charge in [-0.3, -0.25) is 4.79 Å². The molecule has 0 unspecified atom stereocenters. The molecule has 1 heterocycles. The number of carbonyl (C=O) groups excluding carboxylic acids is 1. The Morgan fingerprint density at radius 3 is 2.76 bits per heavy atom. The lowest BCUT2D eigenvalue weighted by Gasteiger charge is -2.13. The maximum absolute atomic E-state index is 11.8. The molecular formula is C12H18ClN3O. The molecule has 0 aliphatic rings. The number of hydrogen-bond donors (Lipinski definition) is 1. The maximum atomic E-state index is 11.8. The Bertz CT molecular complexity index is 393. The number of aromatic nitrogens is 1. The Hall–Kier alpha value is -1.29. The summed E-state index contributed by atoms with van der Waals surface area (Å²) in [6.45, 7) is 2.77. The Morgan fingerprint density at radius 1 is 1.47 bits per heavy atom. The predicted molar refractivity (Wildman–Crippen MR) is 70.8 cm³/mol. The Kier molecular flexibility index (Phi) is 5.22. The fourth-order valence-electron chi connectivity index (χ4n) is 1.32. The molecule has 94 valence electrons. The van der Waals surface area contributed by atoms with Gasteiger partial charge in [0.25, 0.3) is 5.91 Å². The molecule has 1 amide bonds. The monoisotopic (exact) mass is 255 g/mol. The van der Waals surface area contributed by atoms with Gasteiger partial charge in [-0.05, 0) is 18.6 Å². The minimum atomic E-state index is -0.106. The number of nitrogens with zero attached hydrogens (tertiary/aromatic N) is 2. The molecule has 0 spiro atoms. The van der Waals surface area contributed by atoms with Crippen molar-refractivity contribution in [3.63, 3.8) is 0 Å². The molecule has 0 atom stereocenters. The van der Waals surface area contributed by atoms with Crippen molar-refractivity contribution in [2.24, 2.45) is 0 Å². The number of pyridine rings is 1. The lowest BCUT2D eigenvalue weighted by Crippen LogP contribution is -2.25. The highest BCUT2D eigenvalue weighted by Gasteiger charge is 2.09. The van der Waals surface area contributed by atoms with Crippen molar-refractivity contribution in [3.05, 3.63) is 22.8 Å². The molecule has 0 fully saturated rings. The highest BCUT2D eigenvalue weighted by molar-refractivity contribution is 6.29. The van der Waals surface area contributed by atoms with Gasteiger partial charge in [-0.25, -0.2) is 4.98 Å². The number of halogens is 1. The van der Waals surface area contributed by atoms with E-state index >= 15 is 0 Å². The zero-order valence-corrected chi connectivity index (χ0v) is 11.2. The van der Waals surface area contributed by atoms with Crippen molar-refractivity contribution in [1.82, 2.24) is 10.3 Å². The fourth-order valence-corrected chi connectivity index (χ4v) is 1.53. The van der Waals surface area contributed by atoms with E-state index in [1.165, 1.54) is 0 Å². The van der Waals surface area contributed by atoms with Crippen LogP contribution in [-0.2, 0) is 0 Å². The fraction of sp³-hybridized carbons (Fsp3) is 0.500. The SMILES string of the molecule is CCCCNC(=O)c1cc(Cl)nc(N(C)C)c1. The van der Waals surface area contributed by atoms with Crippen LogP contribution in [0.4, 0.5) is 5.82 Å². The first kappa shape index (κ1) is 13.8. The molecular weight excluding hydrogens is 238 g/mol. The largest absolute Gasteiger partial charge is 0.363 e. The molecule has 0 saturated carbocycles. The van der Waals surface area contributed by atoms with E-state index in [4.69, 9.17) is 11.6 Å². The number of amides is 1. The Labute approximate surface area is 107 Å². The van der Waals surface area contributed by atoms with E-state index < -0.39 is 0 Å². The average molecular weight is 256 g/mol. The number of carbonyl (C=O) groups is 1. The van der Waals surface area contributed by atoms with E-state index in [0.717, 1.165) is 12.8 Å². The van der Waals surface area contributed by atoms with Gasteiger partial charge in [0.15, 0.2) is 0 Å². The summed E-state index contributed by atoms with van der Waals surface area (Å²) in [4.78, 5) is 17.8. The van der Waals surface area contributed by atoms with E-state index in [1.54, 1.807) is 12.1 Å². The van der Waals surface area contributed by atoms with Crippen molar-refractivity contribution in [3.8, 4) is 0 Å². The molecule has 1 N–H and O–H groups in total. The first-order chi connectivity index (χ1) is 8.04. The van der Waals surface area contributed by atoms with Crippen LogP contribution in [-0.4, -0.2) is 31.5 Å². The standard InChI is InChI=1S/C12H18ClN3O/c1-4-5-6-14-12(17)9-7-10(13)15-11(8-9)16(2)3/h7-8H,4-6H2,1-3H3,(H,14,17). The van der Waals surface area contributed by atoms with Gasteiger partial charge in [-0.15, -0.1) is 0 Å². The molecule has 1 rings (SSSR count). The van der Waals surface area contributed by atoms with Crippen LogP contribution >= 0.6 is 11.6 Å². The number of anilines is 1. The minimum Gasteiger partial charge on any atom is -0.363 e. The third kappa shape index (κ3) is 4.23. The van der Waals surface area contributed by atoms with Crippen LogP contribution in [0.25, 0.3) is 0 Å². The van der Waals surface area contributed by atoms with Gasteiger partial charge in [-0.1, -0.05) is 24.9 Å². The van der Waals surface area contributed by atoms with Gasteiger partial charge in [0.05, 0.1) is 0 Å². The molecule has 17 heavy (non-hydrogen) atoms. The van der Waals surface area contributed by atoms with Crippen LogP contribution in [0, 0.1) is 0 Å². The van der Waals surface area contributed by atoms with Crippen molar-refractivity contribution < 1.29 is 4.79 Å². The minimum absolute atomic E-state index is 0.106. The second kappa shape index (κ2) is 6.45. The van der Waals surface area contributed by atoms with Gasteiger partial charge >= 0.3 is 0 Å². The van der Waals surface area contributed by atoms with Crippen LogP contribution in [0.1, 0.15) is 30.1 Å². The molecule has 1 aromatic heterocycles. The predicted octanol–water partition coefficient (Wildman–Crippen LogP) is 2.33.